The number of allylic oxidation sites excluding steroid dienone is 2. The van der Waals surface area contributed by atoms with E-state index >= 15 is 0 Å². The van der Waals surface area contributed by atoms with Gasteiger partial charge in [0.1, 0.15) is 0 Å². The van der Waals surface area contributed by atoms with Crippen molar-refractivity contribution in [3.05, 3.63) is 35.7 Å². The highest BCUT2D eigenvalue weighted by Crippen LogP contribution is 2.41. The second-order valence-corrected chi connectivity index (χ2v) is 6.37. The average Bonchev–Trinajstić information content (AvgIpc) is 2.82. The predicted molar refractivity (Wildman–Crippen MR) is 70.9 cm³/mol. The van der Waals surface area contributed by atoms with Crippen LogP contribution in [0.4, 0.5) is 0 Å². The maximum atomic E-state index is 6.31. The van der Waals surface area contributed by atoms with Crippen molar-refractivity contribution < 1.29 is 0 Å². The zero-order valence-corrected chi connectivity index (χ0v) is 10.8. The molecule has 0 saturated carbocycles. The fourth-order valence-corrected chi connectivity index (χ4v) is 3.43. The number of hydrogen-bond donors (Lipinski definition) is 1. The van der Waals surface area contributed by atoms with Gasteiger partial charge in [0, 0.05) is 24.0 Å². The van der Waals surface area contributed by atoms with Crippen LogP contribution in [0.1, 0.15) is 56.5 Å². The van der Waals surface area contributed by atoms with Gasteiger partial charge in [-0.05, 0) is 42.7 Å². The molecule has 0 saturated heterocycles. The van der Waals surface area contributed by atoms with E-state index in [4.69, 9.17) is 5.73 Å². The second kappa shape index (κ2) is 3.74. The topological polar surface area (TPSA) is 30.9 Å². The Hall–Kier alpha value is -1.02. The molecule has 0 radical (unpaired) electrons. The molecule has 3 rings (SSSR count). The molecule has 2 N–H and O–H groups in total. The lowest BCUT2D eigenvalue weighted by Crippen LogP contribution is -2.30. The van der Waals surface area contributed by atoms with E-state index < -0.39 is 0 Å². The molecule has 2 heteroatoms. The Kier molecular flexibility index (Phi) is 2.44. The van der Waals surface area contributed by atoms with E-state index in [1.807, 2.05) is 0 Å². The molecular weight excluding hydrogens is 208 g/mol. The first-order valence-corrected chi connectivity index (χ1v) is 6.67. The molecule has 2 aliphatic rings. The minimum absolute atomic E-state index is 0.226. The highest BCUT2D eigenvalue weighted by Gasteiger charge is 2.33. The minimum atomic E-state index is 0.226. The van der Waals surface area contributed by atoms with Gasteiger partial charge in [0.05, 0.1) is 0 Å². The van der Waals surface area contributed by atoms with Crippen molar-refractivity contribution in [2.24, 2.45) is 11.1 Å². The molecule has 1 aromatic rings. The van der Waals surface area contributed by atoms with E-state index in [0.717, 1.165) is 6.42 Å². The molecule has 1 aromatic heterocycles. The summed E-state index contributed by atoms with van der Waals surface area (Å²) < 4.78 is 2.48. The van der Waals surface area contributed by atoms with E-state index in [9.17, 15) is 0 Å². The predicted octanol–water partition coefficient (Wildman–Crippen LogP) is 3.35. The molecule has 0 amide bonds. The van der Waals surface area contributed by atoms with Crippen LogP contribution in [0.25, 0.3) is 0 Å². The van der Waals surface area contributed by atoms with E-state index in [1.54, 1.807) is 0 Å². The average molecular weight is 230 g/mol. The quantitative estimate of drug-likeness (QED) is 0.737. The van der Waals surface area contributed by atoms with Crippen LogP contribution in [0.2, 0.25) is 0 Å². The standard InChI is InChI=1S/C15H22N2/c1-15(2)9-13(16)12-7-8-17(14(12)10-15)11-5-3-4-6-11/h3-4,7-8,11,13H,5-6,9-10,16H2,1-2H3. The Bertz CT molecular complexity index is 445. The largest absolute Gasteiger partial charge is 0.347 e. The van der Waals surface area contributed by atoms with E-state index in [1.165, 1.54) is 30.5 Å². The van der Waals surface area contributed by atoms with Crippen molar-refractivity contribution in [2.75, 3.05) is 0 Å². The van der Waals surface area contributed by atoms with E-state index in [-0.39, 0.29) is 6.04 Å². The third-order valence-electron chi connectivity index (χ3n) is 4.25. The third-order valence-corrected chi connectivity index (χ3v) is 4.25. The normalized spacial score (nSPS) is 27.4. The zero-order valence-electron chi connectivity index (χ0n) is 10.8. The number of fused-ring (bicyclic) bond motifs is 1. The van der Waals surface area contributed by atoms with Gasteiger partial charge in [-0.2, -0.15) is 0 Å². The van der Waals surface area contributed by atoms with Gasteiger partial charge in [-0.1, -0.05) is 26.0 Å². The SMILES string of the molecule is CC1(C)Cc2c(ccn2C2CC=CC2)C(N)C1. The van der Waals surface area contributed by atoms with Gasteiger partial charge in [0.15, 0.2) is 0 Å². The maximum Gasteiger partial charge on any atom is 0.0402 e. The second-order valence-electron chi connectivity index (χ2n) is 6.37. The van der Waals surface area contributed by atoms with Gasteiger partial charge in [-0.15, -0.1) is 0 Å². The van der Waals surface area contributed by atoms with Gasteiger partial charge in [0.2, 0.25) is 0 Å². The molecule has 2 nitrogen and oxygen atoms in total. The van der Waals surface area contributed by atoms with Gasteiger partial charge < -0.3 is 10.3 Å². The van der Waals surface area contributed by atoms with Crippen LogP contribution in [0.5, 0.6) is 0 Å². The summed E-state index contributed by atoms with van der Waals surface area (Å²) in [5.41, 5.74) is 9.52. The number of hydrogen-bond acceptors (Lipinski definition) is 1. The summed E-state index contributed by atoms with van der Waals surface area (Å²) in [6.07, 6.45) is 11.5. The Balaban J connectivity index is 1.98. The molecular formula is C15H22N2. The third kappa shape index (κ3) is 1.85. The van der Waals surface area contributed by atoms with Crippen molar-refractivity contribution >= 4 is 0 Å². The van der Waals surface area contributed by atoms with Crippen LogP contribution in [0.15, 0.2) is 24.4 Å². The Morgan fingerprint density at radius 2 is 2.00 bits per heavy atom. The summed E-state index contributed by atoms with van der Waals surface area (Å²) in [5.74, 6) is 0. The van der Waals surface area contributed by atoms with Crippen molar-refractivity contribution in [2.45, 2.75) is 51.6 Å². The zero-order chi connectivity index (χ0) is 12.0. The lowest BCUT2D eigenvalue weighted by atomic mass is 9.74. The van der Waals surface area contributed by atoms with Crippen molar-refractivity contribution in [3.8, 4) is 0 Å². The van der Waals surface area contributed by atoms with Gasteiger partial charge in [-0.3, -0.25) is 0 Å². The summed E-state index contributed by atoms with van der Waals surface area (Å²) in [6, 6.07) is 3.11. The minimum Gasteiger partial charge on any atom is -0.347 e. The fraction of sp³-hybridized carbons (Fsp3) is 0.600. The summed E-state index contributed by atoms with van der Waals surface area (Å²) in [7, 11) is 0. The molecule has 1 atom stereocenters. The van der Waals surface area contributed by atoms with Crippen molar-refractivity contribution in [1.82, 2.24) is 4.57 Å². The smallest absolute Gasteiger partial charge is 0.0402 e. The van der Waals surface area contributed by atoms with Gasteiger partial charge >= 0.3 is 0 Å². The Morgan fingerprint density at radius 1 is 1.29 bits per heavy atom. The first-order valence-electron chi connectivity index (χ1n) is 6.67. The highest BCUT2D eigenvalue weighted by molar-refractivity contribution is 5.31. The summed E-state index contributed by atoms with van der Waals surface area (Å²) >= 11 is 0. The number of rotatable bonds is 1. The molecule has 92 valence electrons. The summed E-state index contributed by atoms with van der Waals surface area (Å²) in [4.78, 5) is 0. The molecule has 0 aromatic carbocycles. The highest BCUT2D eigenvalue weighted by atomic mass is 15.0. The molecule has 1 heterocycles. The van der Waals surface area contributed by atoms with Gasteiger partial charge in [-0.25, -0.2) is 0 Å². The monoisotopic (exact) mass is 230 g/mol. The van der Waals surface area contributed by atoms with Crippen molar-refractivity contribution in [3.63, 3.8) is 0 Å². The first-order chi connectivity index (χ1) is 8.07. The van der Waals surface area contributed by atoms with Crippen molar-refractivity contribution in [1.29, 1.82) is 0 Å². The molecule has 1 unspecified atom stereocenters. The molecule has 17 heavy (non-hydrogen) atoms. The molecule has 0 fully saturated rings. The van der Waals surface area contributed by atoms with E-state index in [2.05, 4.69) is 42.8 Å². The van der Waals surface area contributed by atoms with Gasteiger partial charge in [0.25, 0.3) is 0 Å². The molecule has 2 aliphatic carbocycles. The lowest BCUT2D eigenvalue weighted by molar-refractivity contribution is 0.272. The number of nitrogens with two attached hydrogens (primary N) is 1. The van der Waals surface area contributed by atoms with Crippen LogP contribution >= 0.6 is 0 Å². The van der Waals surface area contributed by atoms with Crippen LogP contribution in [0, 0.1) is 5.41 Å². The Labute approximate surface area is 104 Å². The van der Waals surface area contributed by atoms with Crippen LogP contribution in [0.3, 0.4) is 0 Å². The number of aromatic nitrogens is 1. The Morgan fingerprint density at radius 3 is 2.71 bits per heavy atom. The maximum absolute atomic E-state index is 6.31. The molecule has 0 aliphatic heterocycles. The fourth-order valence-electron chi connectivity index (χ4n) is 3.43. The number of nitrogens with zero attached hydrogens (tertiary/aromatic N) is 1. The van der Waals surface area contributed by atoms with Crippen LogP contribution in [-0.4, -0.2) is 4.57 Å². The summed E-state index contributed by atoms with van der Waals surface area (Å²) in [6.45, 7) is 4.67. The molecule has 0 spiro atoms. The van der Waals surface area contributed by atoms with E-state index in [0.29, 0.717) is 11.5 Å². The lowest BCUT2D eigenvalue weighted by Gasteiger charge is -2.35. The van der Waals surface area contributed by atoms with Crippen LogP contribution < -0.4 is 5.73 Å². The molecule has 0 bridgehead atoms. The van der Waals surface area contributed by atoms with Crippen LogP contribution in [-0.2, 0) is 6.42 Å². The first kappa shape index (κ1) is 11.1. The summed E-state index contributed by atoms with van der Waals surface area (Å²) in [5, 5.41) is 0.